The number of hydrogen-bond donors (Lipinski definition) is 2. The molecule has 82 valence electrons. The van der Waals surface area contributed by atoms with E-state index < -0.39 is 5.82 Å². The average Bonchev–Trinajstić information content (AvgIpc) is 2.27. The summed E-state index contributed by atoms with van der Waals surface area (Å²) in [5, 5.41) is 3.17. The second-order valence-electron chi connectivity index (χ2n) is 3.08. The van der Waals surface area contributed by atoms with E-state index in [-0.39, 0.29) is 5.69 Å². The summed E-state index contributed by atoms with van der Waals surface area (Å²) in [6.07, 6.45) is 2.75. The minimum atomic E-state index is -0.428. The van der Waals surface area contributed by atoms with Gasteiger partial charge in [0, 0.05) is 5.02 Å². The number of nitrogens with two attached hydrogens (primary N) is 1. The lowest BCUT2D eigenvalue weighted by atomic mass is 10.3. The van der Waals surface area contributed by atoms with Gasteiger partial charge < -0.3 is 11.1 Å². The molecule has 0 spiro atoms. The van der Waals surface area contributed by atoms with Crippen molar-refractivity contribution in [3.05, 3.63) is 41.6 Å². The van der Waals surface area contributed by atoms with Crippen molar-refractivity contribution >= 4 is 28.8 Å². The van der Waals surface area contributed by atoms with Gasteiger partial charge in [0.05, 0.1) is 17.6 Å². The first-order valence-corrected chi connectivity index (χ1v) is 4.82. The second kappa shape index (κ2) is 4.32. The Balaban J connectivity index is 2.34. The maximum atomic E-state index is 13.4. The molecule has 3 N–H and O–H groups in total. The number of rotatable bonds is 2. The number of anilines is 3. The van der Waals surface area contributed by atoms with Crippen LogP contribution in [-0.4, -0.2) is 9.97 Å². The van der Waals surface area contributed by atoms with E-state index in [0.717, 1.165) is 0 Å². The van der Waals surface area contributed by atoms with Crippen molar-refractivity contribution in [1.29, 1.82) is 0 Å². The lowest BCUT2D eigenvalue weighted by Crippen LogP contribution is -2.01. The summed E-state index contributed by atoms with van der Waals surface area (Å²) >= 11 is 5.75. The van der Waals surface area contributed by atoms with Gasteiger partial charge in [-0.1, -0.05) is 11.6 Å². The van der Waals surface area contributed by atoms with Gasteiger partial charge in [0.2, 0.25) is 0 Å². The van der Waals surface area contributed by atoms with Crippen molar-refractivity contribution < 1.29 is 4.39 Å². The average molecular weight is 239 g/mol. The van der Waals surface area contributed by atoms with Crippen LogP contribution >= 0.6 is 11.6 Å². The van der Waals surface area contributed by atoms with Gasteiger partial charge in [0.25, 0.3) is 0 Å². The van der Waals surface area contributed by atoms with Crippen LogP contribution in [-0.2, 0) is 0 Å². The summed E-state index contributed by atoms with van der Waals surface area (Å²) in [4.78, 5) is 7.62. The predicted octanol–water partition coefficient (Wildman–Crippen LogP) is 2.59. The van der Waals surface area contributed by atoms with Crippen molar-refractivity contribution in [2.45, 2.75) is 0 Å². The summed E-state index contributed by atoms with van der Waals surface area (Å²) < 4.78 is 13.4. The van der Waals surface area contributed by atoms with Crippen molar-refractivity contribution in [3.8, 4) is 0 Å². The highest BCUT2D eigenvalue weighted by Gasteiger charge is 2.06. The molecule has 1 aromatic carbocycles. The zero-order valence-electron chi connectivity index (χ0n) is 8.11. The van der Waals surface area contributed by atoms with E-state index in [4.69, 9.17) is 17.3 Å². The van der Waals surface area contributed by atoms with Crippen LogP contribution in [0.1, 0.15) is 0 Å². The zero-order valence-corrected chi connectivity index (χ0v) is 8.87. The highest BCUT2D eigenvalue weighted by Crippen LogP contribution is 2.24. The Bertz CT molecular complexity index is 518. The molecule has 16 heavy (non-hydrogen) atoms. The molecule has 0 saturated heterocycles. The molecular weight excluding hydrogens is 231 g/mol. The van der Waals surface area contributed by atoms with Crippen molar-refractivity contribution in [2.75, 3.05) is 11.1 Å². The smallest absolute Gasteiger partial charge is 0.157 e. The first kappa shape index (κ1) is 10.6. The second-order valence-corrected chi connectivity index (χ2v) is 3.51. The minimum Gasteiger partial charge on any atom is -0.394 e. The van der Waals surface area contributed by atoms with E-state index in [0.29, 0.717) is 16.5 Å². The van der Waals surface area contributed by atoms with Crippen LogP contribution in [0.5, 0.6) is 0 Å². The van der Waals surface area contributed by atoms with E-state index in [9.17, 15) is 4.39 Å². The van der Waals surface area contributed by atoms with Gasteiger partial charge in [0.15, 0.2) is 5.82 Å². The summed E-state index contributed by atoms with van der Waals surface area (Å²) in [5.74, 6) is -0.0846. The molecule has 1 heterocycles. The summed E-state index contributed by atoms with van der Waals surface area (Å²) in [5.41, 5.74) is 6.17. The fraction of sp³-hybridized carbons (Fsp3) is 0. The zero-order chi connectivity index (χ0) is 11.5. The molecule has 0 amide bonds. The molecule has 0 bridgehead atoms. The number of hydrogen-bond acceptors (Lipinski definition) is 4. The normalized spacial score (nSPS) is 10.1. The third-order valence-electron chi connectivity index (χ3n) is 1.92. The largest absolute Gasteiger partial charge is 0.394 e. The monoisotopic (exact) mass is 238 g/mol. The molecule has 2 aromatic rings. The molecule has 0 atom stereocenters. The molecule has 0 saturated carbocycles. The van der Waals surface area contributed by atoms with Crippen molar-refractivity contribution in [2.24, 2.45) is 0 Å². The summed E-state index contributed by atoms with van der Waals surface area (Å²) in [7, 11) is 0. The Morgan fingerprint density at radius 1 is 1.38 bits per heavy atom. The number of halogens is 2. The molecular formula is C10H8ClFN4. The number of nitrogens with zero attached hydrogens (tertiary/aromatic N) is 2. The Morgan fingerprint density at radius 2 is 2.19 bits per heavy atom. The minimum absolute atomic E-state index is 0.220. The molecule has 6 heteroatoms. The number of benzene rings is 1. The van der Waals surface area contributed by atoms with Crippen LogP contribution < -0.4 is 11.1 Å². The molecule has 4 nitrogen and oxygen atoms in total. The quantitative estimate of drug-likeness (QED) is 0.844. The van der Waals surface area contributed by atoms with E-state index in [1.165, 1.54) is 30.7 Å². The molecule has 0 fully saturated rings. The molecule has 0 aliphatic carbocycles. The van der Waals surface area contributed by atoms with Crippen LogP contribution in [0.4, 0.5) is 21.6 Å². The molecule has 1 aromatic heterocycles. The van der Waals surface area contributed by atoms with Crippen LogP contribution in [0.3, 0.4) is 0 Å². The van der Waals surface area contributed by atoms with Gasteiger partial charge in [0.1, 0.15) is 12.1 Å². The van der Waals surface area contributed by atoms with Crippen molar-refractivity contribution in [1.82, 2.24) is 9.97 Å². The third kappa shape index (κ3) is 2.20. The van der Waals surface area contributed by atoms with Crippen LogP contribution in [0, 0.1) is 5.82 Å². The lowest BCUT2D eigenvalue weighted by molar-refractivity contribution is 0.632. The molecule has 0 radical (unpaired) electrons. The van der Waals surface area contributed by atoms with Gasteiger partial charge in [-0.3, -0.25) is 0 Å². The standard InChI is InChI=1S/C10H8ClFN4/c11-6-1-2-7(12)9(3-6)16-10-8(13)4-14-5-15-10/h1-5H,13H2,(H,14,15,16). The van der Waals surface area contributed by atoms with Crippen LogP contribution in [0.25, 0.3) is 0 Å². The molecule has 0 unspecified atom stereocenters. The highest BCUT2D eigenvalue weighted by atomic mass is 35.5. The number of aromatic nitrogens is 2. The van der Waals surface area contributed by atoms with E-state index in [2.05, 4.69) is 15.3 Å². The fourth-order valence-corrected chi connectivity index (χ4v) is 1.34. The van der Waals surface area contributed by atoms with Gasteiger partial charge in [-0.2, -0.15) is 0 Å². The maximum absolute atomic E-state index is 13.4. The first-order valence-electron chi connectivity index (χ1n) is 4.44. The Labute approximate surface area is 96.3 Å². The Hall–Kier alpha value is -1.88. The van der Waals surface area contributed by atoms with Gasteiger partial charge in [-0.25, -0.2) is 14.4 Å². The Morgan fingerprint density at radius 3 is 2.94 bits per heavy atom. The summed E-state index contributed by atoms with van der Waals surface area (Å²) in [6.45, 7) is 0. The van der Waals surface area contributed by atoms with Crippen molar-refractivity contribution in [3.63, 3.8) is 0 Å². The van der Waals surface area contributed by atoms with Gasteiger partial charge in [-0.15, -0.1) is 0 Å². The lowest BCUT2D eigenvalue weighted by Gasteiger charge is -2.08. The van der Waals surface area contributed by atoms with Crippen LogP contribution in [0.2, 0.25) is 5.02 Å². The molecule has 0 aliphatic heterocycles. The first-order chi connectivity index (χ1) is 7.66. The van der Waals surface area contributed by atoms with E-state index in [1.807, 2.05) is 0 Å². The Kier molecular flexibility index (Phi) is 2.87. The summed E-state index contributed by atoms with van der Waals surface area (Å²) in [6, 6.07) is 4.19. The SMILES string of the molecule is Nc1cncnc1Nc1cc(Cl)ccc1F. The topological polar surface area (TPSA) is 63.8 Å². The van der Waals surface area contributed by atoms with Crippen LogP contribution in [0.15, 0.2) is 30.7 Å². The van der Waals surface area contributed by atoms with E-state index >= 15 is 0 Å². The molecule has 2 rings (SSSR count). The van der Waals surface area contributed by atoms with Gasteiger partial charge >= 0.3 is 0 Å². The molecule has 0 aliphatic rings. The maximum Gasteiger partial charge on any atom is 0.157 e. The number of nitrogen functional groups attached to an aromatic ring is 1. The fourth-order valence-electron chi connectivity index (χ4n) is 1.17. The van der Waals surface area contributed by atoms with E-state index in [1.54, 1.807) is 0 Å². The third-order valence-corrected chi connectivity index (χ3v) is 2.16. The predicted molar refractivity (Wildman–Crippen MR) is 61.1 cm³/mol. The number of nitrogens with one attached hydrogen (secondary N) is 1. The van der Waals surface area contributed by atoms with Gasteiger partial charge in [-0.05, 0) is 18.2 Å². The highest BCUT2D eigenvalue weighted by molar-refractivity contribution is 6.30.